The molecule has 2 bridgehead atoms. The van der Waals surface area contributed by atoms with Crippen LogP contribution in [0, 0.1) is 10.8 Å². The van der Waals surface area contributed by atoms with Gasteiger partial charge in [0.15, 0.2) is 0 Å². The van der Waals surface area contributed by atoms with E-state index in [1.54, 1.807) is 6.20 Å². The molecular weight excluding hydrogens is 312 g/mol. The summed E-state index contributed by atoms with van der Waals surface area (Å²) in [5, 5.41) is 10.1. The van der Waals surface area contributed by atoms with E-state index < -0.39 is 5.97 Å². The molecule has 2 N–H and O–H groups in total. The van der Waals surface area contributed by atoms with E-state index in [1.165, 1.54) is 19.3 Å². The first-order valence-corrected chi connectivity index (χ1v) is 8.98. The molecule has 1 saturated carbocycles. The maximum Gasteiger partial charge on any atom is 0.337 e. The fraction of sp³-hybridized carbons (Fsp3) is 0.476. The molecule has 4 nitrogen and oxygen atoms in total. The number of carboxylic acid groups (broad SMARTS) is 1. The van der Waals surface area contributed by atoms with Crippen molar-refractivity contribution < 1.29 is 9.90 Å². The van der Waals surface area contributed by atoms with Crippen LogP contribution in [-0.4, -0.2) is 33.5 Å². The highest BCUT2D eigenvalue weighted by Crippen LogP contribution is 2.54. The van der Waals surface area contributed by atoms with Crippen molar-refractivity contribution in [3.63, 3.8) is 0 Å². The molecule has 1 aliphatic heterocycles. The first-order chi connectivity index (χ1) is 11.7. The molecule has 1 aromatic heterocycles. The van der Waals surface area contributed by atoms with Crippen LogP contribution >= 0.6 is 0 Å². The first kappa shape index (κ1) is 16.2. The van der Waals surface area contributed by atoms with Crippen molar-refractivity contribution >= 4 is 22.6 Å². The zero-order valence-corrected chi connectivity index (χ0v) is 15.2. The van der Waals surface area contributed by atoms with Gasteiger partial charge in [-0.05, 0) is 47.8 Å². The Labute approximate surface area is 148 Å². The molecule has 2 aliphatic rings. The van der Waals surface area contributed by atoms with Crippen LogP contribution in [0.3, 0.4) is 0 Å². The van der Waals surface area contributed by atoms with Gasteiger partial charge in [0.05, 0.1) is 5.56 Å². The number of aromatic carboxylic acids is 1. The van der Waals surface area contributed by atoms with Crippen molar-refractivity contribution in [1.29, 1.82) is 0 Å². The van der Waals surface area contributed by atoms with Gasteiger partial charge in [-0.1, -0.05) is 33.4 Å². The lowest BCUT2D eigenvalue weighted by atomic mass is 9.65. The highest BCUT2D eigenvalue weighted by Gasteiger charge is 2.49. The van der Waals surface area contributed by atoms with Crippen LogP contribution in [0.1, 0.15) is 56.0 Å². The summed E-state index contributed by atoms with van der Waals surface area (Å²) in [7, 11) is 0. The predicted octanol–water partition coefficient (Wildman–Crippen LogP) is 4.74. The van der Waals surface area contributed by atoms with Gasteiger partial charge in [0, 0.05) is 35.4 Å². The lowest BCUT2D eigenvalue weighted by molar-refractivity contribution is 0.0699. The molecule has 0 amide bonds. The van der Waals surface area contributed by atoms with E-state index in [-0.39, 0.29) is 0 Å². The predicted molar refractivity (Wildman–Crippen MR) is 101 cm³/mol. The summed E-state index contributed by atoms with van der Waals surface area (Å²) in [6, 6.07) is 6.49. The van der Waals surface area contributed by atoms with Gasteiger partial charge in [0.1, 0.15) is 0 Å². The summed E-state index contributed by atoms with van der Waals surface area (Å²) < 4.78 is 0. The average molecular weight is 338 g/mol. The zero-order valence-electron chi connectivity index (χ0n) is 15.2. The number of benzene rings is 1. The second-order valence-electron chi connectivity index (χ2n) is 9.06. The van der Waals surface area contributed by atoms with Gasteiger partial charge >= 0.3 is 5.97 Å². The lowest BCUT2D eigenvalue weighted by Gasteiger charge is -2.39. The maximum atomic E-state index is 11.4. The number of aromatic amines is 1. The monoisotopic (exact) mass is 338 g/mol. The van der Waals surface area contributed by atoms with E-state index in [9.17, 15) is 9.90 Å². The quantitative estimate of drug-likeness (QED) is 0.850. The number of nitrogens with zero attached hydrogens (tertiary/aromatic N) is 1. The van der Waals surface area contributed by atoms with Gasteiger partial charge in [-0.3, -0.25) is 0 Å². The second-order valence-corrected chi connectivity index (χ2v) is 9.06. The Morgan fingerprint density at radius 2 is 2.08 bits per heavy atom. The summed E-state index contributed by atoms with van der Waals surface area (Å²) in [4.78, 5) is 16.9. The number of nitrogens with one attached hydrogen (secondary N) is 1. The number of hydrogen-bond donors (Lipinski definition) is 2. The average Bonchev–Trinajstić information content (AvgIpc) is 3.03. The third-order valence-electron chi connectivity index (χ3n) is 6.01. The molecule has 25 heavy (non-hydrogen) atoms. The van der Waals surface area contributed by atoms with Crippen molar-refractivity contribution in [2.45, 2.75) is 46.1 Å². The maximum absolute atomic E-state index is 11.4. The van der Waals surface area contributed by atoms with E-state index in [4.69, 9.17) is 0 Å². The molecule has 4 heteroatoms. The van der Waals surface area contributed by atoms with Crippen LogP contribution in [-0.2, 0) is 0 Å². The molecule has 1 saturated heterocycles. The number of fused-ring (bicyclic) bond motifs is 3. The normalized spacial score (nSPS) is 27.6. The standard InChI is InChI=1S/C21H26N2O2/c1-13(23-12-21(4)9-15(23)8-20(2,3)11-21)14-5-6-18-16(7-14)17(10-22-18)19(24)25/h5-7,10,15,22H,1,8-9,11-12H2,2-4H3,(H,24,25). The molecule has 0 spiro atoms. The van der Waals surface area contributed by atoms with Gasteiger partial charge < -0.3 is 15.0 Å². The Balaban J connectivity index is 1.69. The summed E-state index contributed by atoms with van der Waals surface area (Å²) >= 11 is 0. The topological polar surface area (TPSA) is 56.3 Å². The Bertz CT molecular complexity index is 879. The number of likely N-dealkylation sites (tertiary alicyclic amines) is 1. The third-order valence-corrected chi connectivity index (χ3v) is 6.01. The minimum absolute atomic E-state index is 0.318. The van der Waals surface area contributed by atoms with Crippen molar-refractivity contribution in [2.75, 3.05) is 6.54 Å². The van der Waals surface area contributed by atoms with Crippen molar-refractivity contribution in [3.05, 3.63) is 42.1 Å². The smallest absolute Gasteiger partial charge is 0.337 e. The molecule has 2 fully saturated rings. The van der Waals surface area contributed by atoms with Gasteiger partial charge in [-0.15, -0.1) is 0 Å². The molecule has 2 atom stereocenters. The van der Waals surface area contributed by atoms with Crippen LogP contribution in [0.15, 0.2) is 31.0 Å². The molecule has 2 heterocycles. The lowest BCUT2D eigenvalue weighted by Crippen LogP contribution is -2.34. The molecule has 132 valence electrons. The summed E-state index contributed by atoms with van der Waals surface area (Å²) in [5.41, 5.74) is 3.92. The number of H-pyrrole nitrogens is 1. The zero-order chi connectivity index (χ0) is 18.0. The molecule has 0 radical (unpaired) electrons. The van der Waals surface area contributed by atoms with E-state index in [1.807, 2.05) is 18.2 Å². The van der Waals surface area contributed by atoms with E-state index >= 15 is 0 Å². The van der Waals surface area contributed by atoms with E-state index in [2.05, 4.69) is 37.2 Å². The highest BCUT2D eigenvalue weighted by atomic mass is 16.4. The highest BCUT2D eigenvalue weighted by molar-refractivity contribution is 6.03. The number of rotatable bonds is 3. The molecule has 2 unspecified atom stereocenters. The molecule has 1 aromatic carbocycles. The summed E-state index contributed by atoms with van der Waals surface area (Å²) in [6.45, 7) is 12.6. The van der Waals surface area contributed by atoms with Crippen LogP contribution in [0.2, 0.25) is 0 Å². The Morgan fingerprint density at radius 3 is 2.80 bits per heavy atom. The largest absolute Gasteiger partial charge is 0.478 e. The Morgan fingerprint density at radius 1 is 1.32 bits per heavy atom. The molecule has 2 aromatic rings. The van der Waals surface area contributed by atoms with Crippen molar-refractivity contribution in [2.24, 2.45) is 10.8 Å². The number of carbonyl (C=O) groups is 1. The second kappa shape index (κ2) is 5.13. The number of aromatic nitrogens is 1. The van der Waals surface area contributed by atoms with Crippen LogP contribution in [0.5, 0.6) is 0 Å². The van der Waals surface area contributed by atoms with Crippen LogP contribution in [0.4, 0.5) is 0 Å². The van der Waals surface area contributed by atoms with Gasteiger partial charge in [-0.25, -0.2) is 4.79 Å². The van der Waals surface area contributed by atoms with Gasteiger partial charge in [0.25, 0.3) is 0 Å². The van der Waals surface area contributed by atoms with Crippen LogP contribution in [0.25, 0.3) is 16.6 Å². The summed E-state index contributed by atoms with van der Waals surface area (Å²) in [6.07, 6.45) is 5.23. The molecule has 4 rings (SSSR count). The fourth-order valence-electron chi connectivity index (χ4n) is 5.42. The molecular formula is C21H26N2O2. The minimum Gasteiger partial charge on any atom is -0.478 e. The van der Waals surface area contributed by atoms with Crippen molar-refractivity contribution in [1.82, 2.24) is 9.88 Å². The van der Waals surface area contributed by atoms with Crippen LogP contribution < -0.4 is 0 Å². The number of carboxylic acids is 1. The summed E-state index contributed by atoms with van der Waals surface area (Å²) in [5.74, 6) is -0.902. The number of hydrogen-bond acceptors (Lipinski definition) is 2. The SMILES string of the molecule is C=C(c1ccc2[nH]cc(C(=O)O)c2c1)N1CC2(C)CC1CC(C)(C)C2. The van der Waals surface area contributed by atoms with E-state index in [0.29, 0.717) is 22.4 Å². The van der Waals surface area contributed by atoms with Gasteiger partial charge in [-0.2, -0.15) is 0 Å². The molecule has 1 aliphatic carbocycles. The Hall–Kier alpha value is -2.23. The fourth-order valence-corrected chi connectivity index (χ4v) is 5.42. The Kier molecular flexibility index (Phi) is 3.34. The van der Waals surface area contributed by atoms with Crippen molar-refractivity contribution in [3.8, 4) is 0 Å². The third kappa shape index (κ3) is 2.64. The van der Waals surface area contributed by atoms with Gasteiger partial charge in [0.2, 0.25) is 0 Å². The van der Waals surface area contributed by atoms with E-state index in [0.717, 1.165) is 28.7 Å². The first-order valence-electron chi connectivity index (χ1n) is 8.98. The minimum atomic E-state index is -0.902.